The van der Waals surface area contributed by atoms with Crippen molar-refractivity contribution in [1.82, 2.24) is 4.98 Å². The lowest BCUT2D eigenvalue weighted by Crippen LogP contribution is -2.14. The molecule has 94 valence electrons. The second-order valence-corrected chi connectivity index (χ2v) is 3.20. The molecule has 0 radical (unpaired) electrons. The molecule has 4 nitrogen and oxygen atoms in total. The van der Waals surface area contributed by atoms with Crippen LogP contribution in [-0.4, -0.2) is 18.1 Å². The number of pyridine rings is 1. The predicted octanol–water partition coefficient (Wildman–Crippen LogP) is 1.33. The average Bonchev–Trinajstić information content (AvgIpc) is 2.30. The Morgan fingerprint density at radius 1 is 1.59 bits per heavy atom. The molecule has 0 aromatic carbocycles. The molecule has 0 spiro atoms. The molecule has 1 rings (SSSR count). The molecule has 0 aliphatic heterocycles. The fraction of sp³-hybridized carbons (Fsp3) is 0.400. The molecule has 0 aliphatic carbocycles. The standard InChI is InChI=1S/C10H11F3N2O2/c1-17-8(16)2-5-6(11)4-15-7(3-14)9(5)10(12)13/h4,10H,2-3,14H2,1H3. The van der Waals surface area contributed by atoms with Gasteiger partial charge in [-0.25, -0.2) is 13.2 Å². The maximum Gasteiger partial charge on any atom is 0.310 e. The second kappa shape index (κ2) is 5.62. The van der Waals surface area contributed by atoms with E-state index in [4.69, 9.17) is 5.73 Å². The number of hydrogen-bond acceptors (Lipinski definition) is 4. The average molecular weight is 248 g/mol. The van der Waals surface area contributed by atoms with Crippen molar-refractivity contribution in [2.75, 3.05) is 7.11 Å². The predicted molar refractivity (Wildman–Crippen MR) is 52.8 cm³/mol. The van der Waals surface area contributed by atoms with Gasteiger partial charge in [0.2, 0.25) is 0 Å². The summed E-state index contributed by atoms with van der Waals surface area (Å²) >= 11 is 0. The van der Waals surface area contributed by atoms with Gasteiger partial charge >= 0.3 is 5.97 Å². The summed E-state index contributed by atoms with van der Waals surface area (Å²) in [7, 11) is 1.09. The minimum absolute atomic E-state index is 0.125. The fourth-order valence-corrected chi connectivity index (χ4v) is 1.40. The third-order valence-electron chi connectivity index (χ3n) is 2.22. The van der Waals surface area contributed by atoms with Crippen LogP contribution in [0.5, 0.6) is 0 Å². The van der Waals surface area contributed by atoms with E-state index in [-0.39, 0.29) is 12.2 Å². The van der Waals surface area contributed by atoms with Gasteiger partial charge < -0.3 is 10.5 Å². The van der Waals surface area contributed by atoms with E-state index in [1.807, 2.05) is 0 Å². The van der Waals surface area contributed by atoms with E-state index in [2.05, 4.69) is 9.72 Å². The summed E-state index contributed by atoms with van der Waals surface area (Å²) in [5.41, 5.74) is 4.07. The van der Waals surface area contributed by atoms with Crippen molar-refractivity contribution >= 4 is 5.97 Å². The monoisotopic (exact) mass is 248 g/mol. The fourth-order valence-electron chi connectivity index (χ4n) is 1.40. The molecular weight excluding hydrogens is 237 g/mol. The van der Waals surface area contributed by atoms with Crippen molar-refractivity contribution in [3.05, 3.63) is 28.8 Å². The summed E-state index contributed by atoms with van der Waals surface area (Å²) in [5, 5.41) is 0. The van der Waals surface area contributed by atoms with E-state index in [9.17, 15) is 18.0 Å². The molecule has 0 amide bonds. The van der Waals surface area contributed by atoms with Crippen molar-refractivity contribution in [1.29, 1.82) is 0 Å². The van der Waals surface area contributed by atoms with Crippen LogP contribution in [0.4, 0.5) is 13.2 Å². The molecule has 0 saturated carbocycles. The topological polar surface area (TPSA) is 65.2 Å². The molecule has 0 aliphatic rings. The van der Waals surface area contributed by atoms with Gasteiger partial charge in [-0.15, -0.1) is 0 Å². The molecular formula is C10H11F3N2O2. The molecule has 0 unspecified atom stereocenters. The van der Waals surface area contributed by atoms with Crippen molar-refractivity contribution in [3.63, 3.8) is 0 Å². The number of ether oxygens (including phenoxy) is 1. The number of halogens is 3. The zero-order valence-electron chi connectivity index (χ0n) is 9.04. The number of nitrogens with two attached hydrogens (primary N) is 1. The normalized spacial score (nSPS) is 10.7. The second-order valence-electron chi connectivity index (χ2n) is 3.20. The Labute approximate surface area is 95.6 Å². The molecule has 0 fully saturated rings. The van der Waals surface area contributed by atoms with E-state index < -0.39 is 35.8 Å². The van der Waals surface area contributed by atoms with E-state index >= 15 is 0 Å². The van der Waals surface area contributed by atoms with Crippen LogP contribution in [0.2, 0.25) is 0 Å². The Morgan fingerprint density at radius 3 is 2.71 bits per heavy atom. The number of aromatic nitrogens is 1. The molecule has 1 aromatic rings. The summed E-state index contributed by atoms with van der Waals surface area (Å²) in [4.78, 5) is 14.5. The number of methoxy groups -OCH3 is 1. The SMILES string of the molecule is COC(=O)Cc1c(F)cnc(CN)c1C(F)F. The lowest BCUT2D eigenvalue weighted by molar-refractivity contribution is -0.139. The minimum atomic E-state index is -2.95. The first-order valence-corrected chi connectivity index (χ1v) is 4.72. The van der Waals surface area contributed by atoms with Gasteiger partial charge in [-0.1, -0.05) is 0 Å². The van der Waals surface area contributed by atoms with Crippen molar-refractivity contribution in [2.24, 2.45) is 5.73 Å². The maximum atomic E-state index is 13.4. The maximum absolute atomic E-state index is 13.4. The Balaban J connectivity index is 3.28. The van der Waals surface area contributed by atoms with Crippen LogP contribution in [0.3, 0.4) is 0 Å². The first-order chi connectivity index (χ1) is 8.01. The van der Waals surface area contributed by atoms with Gasteiger partial charge in [0.25, 0.3) is 6.43 Å². The van der Waals surface area contributed by atoms with E-state index in [1.54, 1.807) is 0 Å². The third-order valence-corrected chi connectivity index (χ3v) is 2.22. The number of rotatable bonds is 4. The molecule has 1 aromatic heterocycles. The lowest BCUT2D eigenvalue weighted by atomic mass is 10.0. The van der Waals surface area contributed by atoms with Crippen LogP contribution in [0.15, 0.2) is 6.20 Å². The summed E-state index contributed by atoms with van der Waals surface area (Å²) in [6, 6.07) is 0. The highest BCUT2D eigenvalue weighted by Crippen LogP contribution is 2.27. The Morgan fingerprint density at radius 2 is 2.24 bits per heavy atom. The van der Waals surface area contributed by atoms with Gasteiger partial charge in [-0.3, -0.25) is 9.78 Å². The molecule has 0 atom stereocenters. The van der Waals surface area contributed by atoms with Gasteiger partial charge in [0.15, 0.2) is 0 Å². The van der Waals surface area contributed by atoms with Crippen LogP contribution in [-0.2, 0) is 22.5 Å². The molecule has 17 heavy (non-hydrogen) atoms. The largest absolute Gasteiger partial charge is 0.469 e. The van der Waals surface area contributed by atoms with Crippen LogP contribution < -0.4 is 5.73 Å². The molecule has 7 heteroatoms. The molecule has 0 saturated heterocycles. The number of alkyl halides is 2. The van der Waals surface area contributed by atoms with E-state index in [0.717, 1.165) is 13.3 Å². The van der Waals surface area contributed by atoms with Crippen molar-refractivity contribution < 1.29 is 22.7 Å². The van der Waals surface area contributed by atoms with Crippen LogP contribution >= 0.6 is 0 Å². The quantitative estimate of drug-likeness (QED) is 0.816. The summed E-state index contributed by atoms with van der Waals surface area (Å²) in [5.74, 6) is -1.78. The Hall–Kier alpha value is -1.63. The number of carbonyl (C=O) groups excluding carboxylic acids is 1. The Bertz CT molecular complexity index is 424. The lowest BCUT2D eigenvalue weighted by Gasteiger charge is -2.12. The number of esters is 1. The van der Waals surface area contributed by atoms with Crippen LogP contribution in [0, 0.1) is 5.82 Å². The van der Waals surface area contributed by atoms with Gasteiger partial charge in [0, 0.05) is 17.7 Å². The zero-order valence-corrected chi connectivity index (χ0v) is 9.04. The highest BCUT2D eigenvalue weighted by Gasteiger charge is 2.23. The number of hydrogen-bond donors (Lipinski definition) is 1. The first kappa shape index (κ1) is 13.4. The van der Waals surface area contributed by atoms with Crippen molar-refractivity contribution in [2.45, 2.75) is 19.4 Å². The molecule has 2 N–H and O–H groups in total. The highest BCUT2D eigenvalue weighted by molar-refractivity contribution is 5.73. The number of nitrogens with zero attached hydrogens (tertiary/aromatic N) is 1. The van der Waals surface area contributed by atoms with Crippen LogP contribution in [0.25, 0.3) is 0 Å². The van der Waals surface area contributed by atoms with Crippen molar-refractivity contribution in [3.8, 4) is 0 Å². The van der Waals surface area contributed by atoms with Gasteiger partial charge in [0.1, 0.15) is 5.82 Å². The van der Waals surface area contributed by atoms with E-state index in [1.165, 1.54) is 0 Å². The summed E-state index contributed by atoms with van der Waals surface area (Å²) in [6.45, 7) is -0.256. The van der Waals surface area contributed by atoms with Gasteiger partial charge in [-0.05, 0) is 0 Å². The van der Waals surface area contributed by atoms with E-state index in [0.29, 0.717) is 0 Å². The van der Waals surface area contributed by atoms with Gasteiger partial charge in [0.05, 0.1) is 25.4 Å². The third kappa shape index (κ3) is 2.94. The smallest absolute Gasteiger partial charge is 0.310 e. The number of carbonyl (C=O) groups is 1. The summed E-state index contributed by atoms with van der Waals surface area (Å²) in [6.07, 6.45) is -2.75. The minimum Gasteiger partial charge on any atom is -0.469 e. The molecule has 0 bridgehead atoms. The first-order valence-electron chi connectivity index (χ1n) is 4.72. The zero-order chi connectivity index (χ0) is 13.0. The van der Waals surface area contributed by atoms with Crippen LogP contribution in [0.1, 0.15) is 23.2 Å². The molecule has 1 heterocycles. The van der Waals surface area contributed by atoms with Gasteiger partial charge in [-0.2, -0.15) is 0 Å². The Kier molecular flexibility index (Phi) is 4.45. The highest BCUT2D eigenvalue weighted by atomic mass is 19.3. The summed E-state index contributed by atoms with van der Waals surface area (Å²) < 4.78 is 43.3.